The lowest BCUT2D eigenvalue weighted by Gasteiger charge is -2.18. The number of methoxy groups -OCH3 is 1. The summed E-state index contributed by atoms with van der Waals surface area (Å²) in [5, 5.41) is 0. The van der Waals surface area contributed by atoms with Crippen LogP contribution in [0.5, 0.6) is 11.5 Å². The van der Waals surface area contributed by atoms with E-state index in [1.54, 1.807) is 0 Å². The van der Waals surface area contributed by atoms with Gasteiger partial charge in [0.25, 0.3) is 0 Å². The average Bonchev–Trinajstić information content (AvgIpc) is 3.45. The molecule has 9 heteroatoms. The molecule has 2 aliphatic rings. The van der Waals surface area contributed by atoms with E-state index in [2.05, 4.69) is 4.90 Å². The van der Waals surface area contributed by atoms with Gasteiger partial charge in [0, 0.05) is 24.1 Å². The molecule has 0 atom stereocenters. The van der Waals surface area contributed by atoms with Crippen LogP contribution in [0.1, 0.15) is 66.1 Å². The molecule has 0 bridgehead atoms. The number of esters is 2. The first-order valence-electron chi connectivity index (χ1n) is 11.7. The molecule has 1 saturated heterocycles. The van der Waals surface area contributed by atoms with Crippen LogP contribution in [0.15, 0.2) is 11.6 Å². The number of hydrogen-bond acceptors (Lipinski definition) is 8. The van der Waals surface area contributed by atoms with E-state index >= 15 is 0 Å². The molecule has 1 fully saturated rings. The number of nitrogens with zero attached hydrogens (tertiary/aromatic N) is 1. The zero-order chi connectivity index (χ0) is 24.7. The minimum Gasteiger partial charge on any atom is -0.496 e. The predicted octanol–water partition coefficient (Wildman–Crippen LogP) is 3.43. The minimum absolute atomic E-state index is 0.0638. The molecular formula is C25H34N2O7. The van der Waals surface area contributed by atoms with Crippen molar-refractivity contribution in [3.63, 3.8) is 0 Å². The number of cyclic esters (lactones) is 1. The molecule has 34 heavy (non-hydrogen) atoms. The molecule has 1 aromatic rings. The molecule has 0 unspecified atom stereocenters. The van der Waals surface area contributed by atoms with Gasteiger partial charge in [-0.2, -0.15) is 0 Å². The van der Waals surface area contributed by atoms with Gasteiger partial charge >= 0.3 is 18.0 Å². The van der Waals surface area contributed by atoms with Crippen molar-refractivity contribution in [2.24, 2.45) is 5.73 Å². The van der Waals surface area contributed by atoms with E-state index in [9.17, 15) is 14.4 Å². The number of carbonyl (C=O) groups excluding carboxylic acids is 3. The van der Waals surface area contributed by atoms with Crippen LogP contribution in [0.25, 0.3) is 0 Å². The normalized spacial score (nSPS) is 15.7. The molecule has 2 aliphatic heterocycles. The predicted molar refractivity (Wildman–Crippen MR) is 125 cm³/mol. The Kier molecular flexibility index (Phi) is 8.92. The van der Waals surface area contributed by atoms with Crippen LogP contribution >= 0.6 is 0 Å². The van der Waals surface area contributed by atoms with Gasteiger partial charge in [0.05, 0.1) is 13.7 Å². The molecule has 3 rings (SSSR count). The third-order valence-electron chi connectivity index (χ3n) is 6.29. The van der Waals surface area contributed by atoms with Gasteiger partial charge < -0.3 is 29.6 Å². The van der Waals surface area contributed by atoms with Crippen molar-refractivity contribution in [3.05, 3.63) is 33.9 Å². The fourth-order valence-corrected chi connectivity index (χ4v) is 4.45. The van der Waals surface area contributed by atoms with Crippen molar-refractivity contribution >= 4 is 18.0 Å². The Labute approximate surface area is 200 Å². The summed E-state index contributed by atoms with van der Waals surface area (Å²) >= 11 is 0. The number of likely N-dealkylation sites (tertiary alicyclic amines) is 1. The van der Waals surface area contributed by atoms with Crippen LogP contribution in [0.2, 0.25) is 0 Å². The van der Waals surface area contributed by atoms with Crippen molar-refractivity contribution in [2.75, 3.05) is 33.4 Å². The molecule has 9 nitrogen and oxygen atoms in total. The van der Waals surface area contributed by atoms with E-state index in [4.69, 9.17) is 24.7 Å². The zero-order valence-electron chi connectivity index (χ0n) is 20.2. The Hall–Kier alpha value is -3.07. The zero-order valence-corrected chi connectivity index (χ0v) is 20.2. The number of ether oxygens (including phenoxy) is 4. The van der Waals surface area contributed by atoms with Gasteiger partial charge in [-0.25, -0.2) is 9.59 Å². The fraction of sp³-hybridized carbons (Fsp3) is 0.560. The first-order valence-corrected chi connectivity index (χ1v) is 11.7. The van der Waals surface area contributed by atoms with E-state index in [-0.39, 0.29) is 30.3 Å². The van der Waals surface area contributed by atoms with Crippen LogP contribution in [0, 0.1) is 6.92 Å². The van der Waals surface area contributed by atoms with Crippen molar-refractivity contribution in [1.29, 1.82) is 0 Å². The van der Waals surface area contributed by atoms with Gasteiger partial charge in [-0.15, -0.1) is 0 Å². The Morgan fingerprint density at radius 3 is 2.59 bits per heavy atom. The Morgan fingerprint density at radius 2 is 1.91 bits per heavy atom. The molecular weight excluding hydrogens is 440 g/mol. The van der Waals surface area contributed by atoms with Crippen molar-refractivity contribution in [2.45, 2.75) is 59.0 Å². The highest BCUT2D eigenvalue weighted by Gasteiger charge is 2.33. The number of amides is 1. The van der Waals surface area contributed by atoms with Crippen molar-refractivity contribution in [1.82, 2.24) is 4.90 Å². The van der Waals surface area contributed by atoms with E-state index in [1.165, 1.54) is 20.0 Å². The molecule has 0 aliphatic carbocycles. The monoisotopic (exact) mass is 474 g/mol. The maximum Gasteiger partial charge on any atom is 0.410 e. The topological polar surface area (TPSA) is 117 Å². The maximum atomic E-state index is 12.3. The lowest BCUT2D eigenvalue weighted by molar-refractivity contribution is -0.143. The van der Waals surface area contributed by atoms with Gasteiger partial charge in [0.15, 0.2) is 5.75 Å². The Balaban J connectivity index is 1.61. The largest absolute Gasteiger partial charge is 0.496 e. The summed E-state index contributed by atoms with van der Waals surface area (Å²) in [5.41, 5.74) is 8.32. The summed E-state index contributed by atoms with van der Waals surface area (Å²) in [4.78, 5) is 38.3. The Bertz CT molecular complexity index is 965. The third kappa shape index (κ3) is 6.28. The second kappa shape index (κ2) is 11.9. The number of hydrogen-bond donors (Lipinski definition) is 1. The first-order chi connectivity index (χ1) is 16.3. The van der Waals surface area contributed by atoms with E-state index in [1.807, 2.05) is 19.9 Å². The third-order valence-corrected chi connectivity index (χ3v) is 6.29. The standard InChI is InChI=1S/C25H34N2O7/c1-16(8-10-20(28)32-14-6-13-27-11-4-5-12-27)7-9-18-22(31-3)17(2)19-15-33-24(29)21(19)23(18)34-25(26)30/h7H,4-6,8-15H2,1-3H3,(H2,26,30). The number of allylic oxidation sites excluding steroid dienone is 2. The highest BCUT2D eigenvalue weighted by Crippen LogP contribution is 2.42. The summed E-state index contributed by atoms with van der Waals surface area (Å²) in [6, 6.07) is 0. The summed E-state index contributed by atoms with van der Waals surface area (Å²) in [6.45, 7) is 7.51. The summed E-state index contributed by atoms with van der Waals surface area (Å²) < 4.78 is 21.3. The molecule has 1 amide bonds. The highest BCUT2D eigenvalue weighted by atomic mass is 16.6. The number of nitrogens with two attached hydrogens (primary N) is 1. The Morgan fingerprint density at radius 1 is 1.18 bits per heavy atom. The fourth-order valence-electron chi connectivity index (χ4n) is 4.45. The molecule has 1 aromatic carbocycles. The molecule has 0 saturated carbocycles. The highest BCUT2D eigenvalue weighted by molar-refractivity contribution is 5.99. The van der Waals surface area contributed by atoms with Gasteiger partial charge in [-0.3, -0.25) is 4.79 Å². The van der Waals surface area contributed by atoms with Crippen LogP contribution in [-0.2, 0) is 27.3 Å². The number of carbonyl (C=O) groups is 3. The average molecular weight is 475 g/mol. The summed E-state index contributed by atoms with van der Waals surface area (Å²) in [7, 11) is 1.51. The van der Waals surface area contributed by atoms with Crippen LogP contribution in [0.3, 0.4) is 0 Å². The maximum absolute atomic E-state index is 12.3. The van der Waals surface area contributed by atoms with Gasteiger partial charge in [-0.1, -0.05) is 11.6 Å². The van der Waals surface area contributed by atoms with Crippen molar-refractivity contribution < 1.29 is 33.3 Å². The smallest absolute Gasteiger partial charge is 0.410 e. The van der Waals surface area contributed by atoms with Gasteiger partial charge in [0.2, 0.25) is 0 Å². The van der Waals surface area contributed by atoms with Crippen LogP contribution in [0.4, 0.5) is 4.79 Å². The first kappa shape index (κ1) is 25.6. The van der Waals surface area contributed by atoms with Gasteiger partial charge in [0.1, 0.15) is 17.9 Å². The number of primary amides is 1. The van der Waals surface area contributed by atoms with E-state index < -0.39 is 12.1 Å². The number of rotatable bonds is 11. The quantitative estimate of drug-likeness (QED) is 0.294. The van der Waals surface area contributed by atoms with E-state index in [0.29, 0.717) is 36.3 Å². The number of fused-ring (bicyclic) bond motifs is 1. The van der Waals surface area contributed by atoms with Crippen LogP contribution in [-0.4, -0.2) is 56.3 Å². The van der Waals surface area contributed by atoms with Gasteiger partial charge in [-0.05, 0) is 64.6 Å². The lowest BCUT2D eigenvalue weighted by atomic mass is 9.94. The molecule has 2 N–H and O–H groups in total. The van der Waals surface area contributed by atoms with E-state index in [0.717, 1.165) is 37.2 Å². The second-order valence-electron chi connectivity index (χ2n) is 8.69. The summed E-state index contributed by atoms with van der Waals surface area (Å²) in [5.74, 6) is -0.212. The molecule has 0 spiro atoms. The minimum atomic E-state index is -1.03. The molecule has 2 heterocycles. The molecule has 0 radical (unpaired) electrons. The SMILES string of the molecule is COc1c(C)c2c(c(OC(N)=O)c1CC=C(C)CCC(=O)OCCCN1CCCC1)C(=O)OC2. The second-order valence-corrected chi connectivity index (χ2v) is 8.69. The number of benzene rings is 1. The molecule has 0 aromatic heterocycles. The van der Waals surface area contributed by atoms with Crippen molar-refractivity contribution in [3.8, 4) is 11.5 Å². The lowest BCUT2D eigenvalue weighted by Crippen LogP contribution is -2.22. The van der Waals surface area contributed by atoms with Crippen LogP contribution < -0.4 is 15.2 Å². The summed E-state index contributed by atoms with van der Waals surface area (Å²) in [6.07, 6.45) is 5.38. The molecule has 186 valence electrons.